The normalized spacial score (nSPS) is 14.8. The topological polar surface area (TPSA) is 88.9 Å². The number of ether oxygens (including phenoxy) is 1. The SMILES string of the molecule is COc1ccc(S(=O)(=O)N2CCN(C(=O)c3cccn(Cc4ccccc4)c3=O)CC2)cc1. The van der Waals surface area contributed by atoms with E-state index in [4.69, 9.17) is 4.74 Å². The Morgan fingerprint density at radius 3 is 2.21 bits per heavy atom. The first kappa shape index (κ1) is 22.8. The Hall–Kier alpha value is -3.43. The van der Waals surface area contributed by atoms with Crippen LogP contribution in [0.4, 0.5) is 0 Å². The van der Waals surface area contributed by atoms with E-state index in [9.17, 15) is 18.0 Å². The zero-order valence-electron chi connectivity index (χ0n) is 18.3. The van der Waals surface area contributed by atoms with Gasteiger partial charge in [-0.2, -0.15) is 4.31 Å². The first-order valence-corrected chi connectivity index (χ1v) is 12.0. The number of methoxy groups -OCH3 is 1. The number of piperazine rings is 1. The van der Waals surface area contributed by atoms with Gasteiger partial charge in [0, 0.05) is 32.4 Å². The van der Waals surface area contributed by atoms with Crippen LogP contribution >= 0.6 is 0 Å². The van der Waals surface area contributed by atoms with E-state index in [1.54, 1.807) is 24.4 Å². The third kappa shape index (κ3) is 4.84. The summed E-state index contributed by atoms with van der Waals surface area (Å²) in [5.74, 6) is 0.189. The van der Waals surface area contributed by atoms with Crippen molar-refractivity contribution in [2.75, 3.05) is 33.3 Å². The number of aromatic nitrogens is 1. The second kappa shape index (κ2) is 9.60. The van der Waals surface area contributed by atoms with Crippen LogP contribution < -0.4 is 10.3 Å². The molecule has 4 rings (SSSR count). The van der Waals surface area contributed by atoms with E-state index in [1.807, 2.05) is 30.3 Å². The Balaban J connectivity index is 1.45. The predicted octanol–water partition coefficient (Wildman–Crippen LogP) is 2.05. The lowest BCUT2D eigenvalue weighted by Gasteiger charge is -2.34. The second-order valence-electron chi connectivity index (χ2n) is 7.71. The van der Waals surface area contributed by atoms with Gasteiger partial charge in [-0.15, -0.1) is 0 Å². The first-order valence-electron chi connectivity index (χ1n) is 10.6. The minimum atomic E-state index is -3.68. The molecule has 0 N–H and O–H groups in total. The van der Waals surface area contributed by atoms with Crippen molar-refractivity contribution in [1.82, 2.24) is 13.8 Å². The summed E-state index contributed by atoms with van der Waals surface area (Å²) in [6, 6.07) is 19.0. The molecule has 172 valence electrons. The van der Waals surface area contributed by atoms with Crippen LogP contribution in [-0.2, 0) is 16.6 Å². The van der Waals surface area contributed by atoms with Gasteiger partial charge in [0.05, 0.1) is 18.6 Å². The zero-order chi connectivity index (χ0) is 23.4. The summed E-state index contributed by atoms with van der Waals surface area (Å²) in [7, 11) is -2.16. The molecule has 1 amide bonds. The minimum Gasteiger partial charge on any atom is -0.497 e. The van der Waals surface area contributed by atoms with Crippen molar-refractivity contribution in [1.29, 1.82) is 0 Å². The average molecular weight is 468 g/mol. The van der Waals surface area contributed by atoms with Crippen molar-refractivity contribution in [3.63, 3.8) is 0 Å². The zero-order valence-corrected chi connectivity index (χ0v) is 19.1. The van der Waals surface area contributed by atoms with Crippen molar-refractivity contribution in [2.45, 2.75) is 11.4 Å². The van der Waals surface area contributed by atoms with Gasteiger partial charge in [0.15, 0.2) is 0 Å². The predicted molar refractivity (Wildman–Crippen MR) is 124 cm³/mol. The maximum atomic E-state index is 13.1. The molecule has 8 nitrogen and oxygen atoms in total. The molecule has 1 aromatic heterocycles. The molecule has 1 fully saturated rings. The van der Waals surface area contributed by atoms with E-state index in [1.165, 1.54) is 39.1 Å². The Morgan fingerprint density at radius 2 is 1.58 bits per heavy atom. The van der Waals surface area contributed by atoms with Crippen LogP contribution in [-0.4, -0.2) is 61.4 Å². The van der Waals surface area contributed by atoms with Crippen LogP contribution in [0.2, 0.25) is 0 Å². The van der Waals surface area contributed by atoms with E-state index in [0.717, 1.165) is 5.56 Å². The number of amides is 1. The van der Waals surface area contributed by atoms with Crippen LogP contribution in [0.5, 0.6) is 5.75 Å². The van der Waals surface area contributed by atoms with E-state index >= 15 is 0 Å². The molecule has 1 aliphatic heterocycles. The number of rotatable bonds is 6. The lowest BCUT2D eigenvalue weighted by atomic mass is 10.2. The van der Waals surface area contributed by atoms with Crippen molar-refractivity contribution in [3.05, 3.63) is 94.4 Å². The van der Waals surface area contributed by atoms with Crippen LogP contribution in [0, 0.1) is 0 Å². The van der Waals surface area contributed by atoms with Crippen molar-refractivity contribution in [3.8, 4) is 5.75 Å². The quantitative estimate of drug-likeness (QED) is 0.554. The first-order chi connectivity index (χ1) is 15.9. The summed E-state index contributed by atoms with van der Waals surface area (Å²) in [4.78, 5) is 27.7. The van der Waals surface area contributed by atoms with Gasteiger partial charge in [0.25, 0.3) is 11.5 Å². The number of sulfonamides is 1. The highest BCUT2D eigenvalue weighted by Gasteiger charge is 2.31. The maximum absolute atomic E-state index is 13.1. The third-order valence-corrected chi connectivity index (χ3v) is 7.58. The number of nitrogens with zero attached hydrogens (tertiary/aromatic N) is 3. The summed E-state index contributed by atoms with van der Waals surface area (Å²) in [5.41, 5.74) is 0.682. The lowest BCUT2D eigenvalue weighted by molar-refractivity contribution is 0.0695. The van der Waals surface area contributed by atoms with Crippen LogP contribution in [0.25, 0.3) is 0 Å². The fourth-order valence-corrected chi connectivity index (χ4v) is 5.23. The van der Waals surface area contributed by atoms with Gasteiger partial charge < -0.3 is 14.2 Å². The molecule has 0 spiro atoms. The number of benzene rings is 2. The fourth-order valence-electron chi connectivity index (χ4n) is 3.80. The van der Waals surface area contributed by atoms with Gasteiger partial charge in [-0.3, -0.25) is 9.59 Å². The minimum absolute atomic E-state index is 0.0832. The number of carbonyl (C=O) groups is 1. The number of pyridine rings is 1. The van der Waals surface area contributed by atoms with E-state index in [2.05, 4.69) is 0 Å². The third-order valence-electron chi connectivity index (χ3n) is 5.67. The van der Waals surface area contributed by atoms with E-state index in [-0.39, 0.29) is 48.1 Å². The molecule has 3 aromatic rings. The van der Waals surface area contributed by atoms with E-state index < -0.39 is 10.0 Å². The molecule has 1 aliphatic rings. The summed E-state index contributed by atoms with van der Waals surface area (Å²) in [6.07, 6.45) is 1.66. The molecule has 0 unspecified atom stereocenters. The Morgan fingerprint density at radius 1 is 0.909 bits per heavy atom. The molecular formula is C24H25N3O5S. The van der Waals surface area contributed by atoms with Crippen molar-refractivity contribution in [2.24, 2.45) is 0 Å². The molecule has 1 saturated heterocycles. The Kier molecular flexibility index (Phi) is 6.62. The molecule has 0 saturated carbocycles. The standard InChI is InChI=1S/C24H25N3O5S/c1-32-20-9-11-21(12-10-20)33(30,31)27-16-14-25(15-17-27)23(28)22-8-5-13-26(24(22)29)18-19-6-3-2-4-7-19/h2-13H,14-18H2,1H3. The number of hydrogen-bond acceptors (Lipinski definition) is 5. The maximum Gasteiger partial charge on any atom is 0.263 e. The van der Waals surface area contributed by atoms with Crippen LogP contribution in [0.3, 0.4) is 0 Å². The average Bonchev–Trinajstić information content (AvgIpc) is 2.85. The lowest BCUT2D eigenvalue weighted by Crippen LogP contribution is -2.51. The summed E-state index contributed by atoms with van der Waals surface area (Å²) in [5, 5.41) is 0. The molecule has 9 heteroatoms. The highest BCUT2D eigenvalue weighted by molar-refractivity contribution is 7.89. The van der Waals surface area contributed by atoms with Gasteiger partial charge >= 0.3 is 0 Å². The molecule has 0 atom stereocenters. The van der Waals surface area contributed by atoms with E-state index in [0.29, 0.717) is 12.3 Å². The molecule has 2 aromatic carbocycles. The summed E-state index contributed by atoms with van der Waals surface area (Å²) in [6.45, 7) is 1.10. The molecule has 0 radical (unpaired) electrons. The summed E-state index contributed by atoms with van der Waals surface area (Å²) < 4.78 is 33.8. The number of hydrogen-bond donors (Lipinski definition) is 0. The molecule has 0 bridgehead atoms. The Labute approximate surface area is 192 Å². The number of carbonyl (C=O) groups excluding carboxylic acids is 1. The smallest absolute Gasteiger partial charge is 0.263 e. The van der Waals surface area contributed by atoms with Gasteiger partial charge in [0.2, 0.25) is 10.0 Å². The largest absolute Gasteiger partial charge is 0.497 e. The monoisotopic (exact) mass is 467 g/mol. The second-order valence-corrected chi connectivity index (χ2v) is 9.65. The summed E-state index contributed by atoms with van der Waals surface area (Å²) >= 11 is 0. The molecular weight excluding hydrogens is 442 g/mol. The van der Waals surface area contributed by atoms with Gasteiger partial charge in [-0.25, -0.2) is 8.42 Å². The van der Waals surface area contributed by atoms with Gasteiger partial charge in [-0.05, 0) is 42.0 Å². The van der Waals surface area contributed by atoms with Crippen LogP contribution in [0.15, 0.2) is 82.6 Å². The van der Waals surface area contributed by atoms with Crippen LogP contribution in [0.1, 0.15) is 15.9 Å². The van der Waals surface area contributed by atoms with Crippen molar-refractivity contribution >= 4 is 15.9 Å². The van der Waals surface area contributed by atoms with Gasteiger partial charge in [-0.1, -0.05) is 30.3 Å². The molecule has 33 heavy (non-hydrogen) atoms. The molecule has 0 aliphatic carbocycles. The highest BCUT2D eigenvalue weighted by Crippen LogP contribution is 2.21. The van der Waals surface area contributed by atoms with Gasteiger partial charge in [0.1, 0.15) is 11.3 Å². The van der Waals surface area contributed by atoms with Crippen molar-refractivity contribution < 1.29 is 17.9 Å². The molecule has 2 heterocycles. The highest BCUT2D eigenvalue weighted by atomic mass is 32.2. The Bertz CT molecular complexity index is 1280. The fraction of sp³-hybridized carbons (Fsp3) is 0.250.